The Morgan fingerprint density at radius 1 is 1.43 bits per heavy atom. The summed E-state index contributed by atoms with van der Waals surface area (Å²) < 4.78 is 39.5. The first-order valence-electron chi connectivity index (χ1n) is 5.64. The first kappa shape index (κ1) is 15.3. The second-order valence-electron chi connectivity index (χ2n) is 4.01. The molecular weight excluding hydrogens is 305 g/mol. The van der Waals surface area contributed by atoms with Crippen LogP contribution in [0.5, 0.6) is 0 Å². The fourth-order valence-corrected chi connectivity index (χ4v) is 2.42. The highest BCUT2D eigenvalue weighted by Gasteiger charge is 2.33. The molecule has 0 saturated heterocycles. The van der Waals surface area contributed by atoms with E-state index in [-0.39, 0.29) is 17.2 Å². The van der Waals surface area contributed by atoms with Crippen LogP contribution >= 0.6 is 11.8 Å². The van der Waals surface area contributed by atoms with E-state index in [9.17, 15) is 13.2 Å². The Morgan fingerprint density at radius 2 is 2.14 bits per heavy atom. The number of rotatable bonds is 3. The number of nitrogens with zero attached hydrogens (tertiary/aromatic N) is 4. The summed E-state index contributed by atoms with van der Waals surface area (Å²) in [4.78, 5) is 7.47. The molecule has 21 heavy (non-hydrogen) atoms. The molecule has 0 amide bonds. The molecule has 2 aromatic heterocycles. The molecular formula is C12H9F3N4OS. The van der Waals surface area contributed by atoms with Crippen molar-refractivity contribution >= 4 is 11.8 Å². The molecule has 2 aromatic rings. The number of hydrogen-bond donors (Lipinski definition) is 1. The van der Waals surface area contributed by atoms with E-state index in [0.29, 0.717) is 10.9 Å². The lowest BCUT2D eigenvalue weighted by Crippen LogP contribution is -2.09. The quantitative estimate of drug-likeness (QED) is 0.941. The van der Waals surface area contributed by atoms with Gasteiger partial charge < -0.3 is 9.67 Å². The highest BCUT2D eigenvalue weighted by atomic mass is 32.2. The van der Waals surface area contributed by atoms with Gasteiger partial charge in [0, 0.05) is 7.05 Å². The third-order valence-electron chi connectivity index (χ3n) is 2.66. The Hall–Kier alpha value is -2.05. The van der Waals surface area contributed by atoms with Gasteiger partial charge in [0.2, 0.25) is 0 Å². The van der Waals surface area contributed by atoms with Crippen molar-refractivity contribution in [3.05, 3.63) is 35.3 Å². The normalized spacial score (nSPS) is 11.4. The van der Waals surface area contributed by atoms with Gasteiger partial charge in [0.25, 0.3) is 0 Å². The topological polar surface area (TPSA) is 74.7 Å². The lowest BCUT2D eigenvalue weighted by atomic mass is 10.2. The maximum atomic E-state index is 12.7. The monoisotopic (exact) mass is 314 g/mol. The van der Waals surface area contributed by atoms with Gasteiger partial charge in [0.1, 0.15) is 16.8 Å². The van der Waals surface area contributed by atoms with Crippen molar-refractivity contribution in [3.8, 4) is 6.07 Å². The molecule has 2 rings (SSSR count). The van der Waals surface area contributed by atoms with Crippen molar-refractivity contribution in [2.75, 3.05) is 0 Å². The Labute approximate surface area is 122 Å². The van der Waals surface area contributed by atoms with E-state index in [0.717, 1.165) is 23.9 Å². The minimum atomic E-state index is -4.58. The zero-order valence-electron chi connectivity index (χ0n) is 10.7. The number of pyridine rings is 1. The van der Waals surface area contributed by atoms with Crippen molar-refractivity contribution in [2.24, 2.45) is 7.05 Å². The molecule has 0 spiro atoms. The smallest absolute Gasteiger partial charge is 0.390 e. The molecule has 0 aromatic carbocycles. The fourth-order valence-electron chi connectivity index (χ4n) is 1.52. The SMILES string of the molecule is Cn1c(CO)cnc1Sc1nc(C(F)(F)F)ccc1C#N. The van der Waals surface area contributed by atoms with Crippen molar-refractivity contribution in [1.29, 1.82) is 5.26 Å². The summed E-state index contributed by atoms with van der Waals surface area (Å²) in [5, 5.41) is 18.3. The van der Waals surface area contributed by atoms with Gasteiger partial charge in [-0.15, -0.1) is 0 Å². The zero-order chi connectivity index (χ0) is 15.6. The van der Waals surface area contributed by atoms with E-state index in [4.69, 9.17) is 10.4 Å². The van der Waals surface area contributed by atoms with E-state index < -0.39 is 11.9 Å². The van der Waals surface area contributed by atoms with Crippen LogP contribution in [0.25, 0.3) is 0 Å². The molecule has 5 nitrogen and oxygen atoms in total. The van der Waals surface area contributed by atoms with Gasteiger partial charge in [0.05, 0.1) is 24.1 Å². The molecule has 0 radical (unpaired) electrons. The zero-order valence-corrected chi connectivity index (χ0v) is 11.5. The third kappa shape index (κ3) is 3.17. The van der Waals surface area contributed by atoms with Crippen LogP contribution < -0.4 is 0 Å². The molecule has 0 fully saturated rings. The van der Waals surface area contributed by atoms with E-state index in [1.165, 1.54) is 10.8 Å². The van der Waals surface area contributed by atoms with Gasteiger partial charge in [-0.3, -0.25) is 0 Å². The van der Waals surface area contributed by atoms with Crippen molar-refractivity contribution in [2.45, 2.75) is 23.0 Å². The molecule has 0 saturated carbocycles. The minimum absolute atomic E-state index is 0.0292. The van der Waals surface area contributed by atoms with E-state index in [1.54, 1.807) is 13.1 Å². The highest BCUT2D eigenvalue weighted by Crippen LogP contribution is 2.33. The van der Waals surface area contributed by atoms with Gasteiger partial charge in [-0.1, -0.05) is 0 Å². The number of halogens is 3. The van der Waals surface area contributed by atoms with Crippen LogP contribution in [0.15, 0.2) is 28.5 Å². The summed E-state index contributed by atoms with van der Waals surface area (Å²) in [6, 6.07) is 3.64. The predicted octanol–water partition coefficient (Wildman–Crippen LogP) is 2.35. The lowest BCUT2D eigenvalue weighted by molar-refractivity contribution is -0.141. The molecule has 2 heterocycles. The van der Waals surface area contributed by atoms with Crippen LogP contribution in [0.2, 0.25) is 0 Å². The van der Waals surface area contributed by atoms with E-state index in [2.05, 4.69) is 9.97 Å². The Morgan fingerprint density at radius 3 is 2.67 bits per heavy atom. The Kier molecular flexibility index (Phi) is 4.20. The molecule has 1 N–H and O–H groups in total. The summed E-state index contributed by atoms with van der Waals surface area (Å²) in [6.45, 7) is -0.245. The Bertz CT molecular complexity index is 706. The summed E-state index contributed by atoms with van der Waals surface area (Å²) in [7, 11) is 1.61. The first-order chi connectivity index (χ1) is 9.86. The number of imidazole rings is 1. The van der Waals surface area contributed by atoms with Crippen molar-refractivity contribution in [3.63, 3.8) is 0 Å². The van der Waals surface area contributed by atoms with Crippen LogP contribution in [-0.4, -0.2) is 19.6 Å². The molecule has 0 unspecified atom stereocenters. The second kappa shape index (κ2) is 5.75. The molecule has 0 atom stereocenters. The van der Waals surface area contributed by atoms with Gasteiger partial charge >= 0.3 is 6.18 Å². The third-order valence-corrected chi connectivity index (χ3v) is 3.73. The molecule has 0 bridgehead atoms. The number of aliphatic hydroxyl groups excluding tert-OH is 1. The number of nitriles is 1. The maximum Gasteiger partial charge on any atom is 0.433 e. The highest BCUT2D eigenvalue weighted by molar-refractivity contribution is 7.99. The van der Waals surface area contributed by atoms with Gasteiger partial charge in [0.15, 0.2) is 5.16 Å². The minimum Gasteiger partial charge on any atom is -0.390 e. The molecule has 0 aliphatic heterocycles. The molecule has 0 aliphatic carbocycles. The fraction of sp³-hybridized carbons (Fsp3) is 0.250. The standard InChI is InChI=1S/C12H9F3N4OS/c1-19-8(6-20)5-17-11(19)21-10-7(4-16)2-3-9(18-10)12(13,14)15/h2-3,5,20H,6H2,1H3. The van der Waals surface area contributed by atoms with Crippen LogP contribution in [0.1, 0.15) is 17.0 Å². The summed E-state index contributed by atoms with van der Waals surface area (Å²) in [6.07, 6.45) is -3.18. The van der Waals surface area contributed by atoms with Crippen LogP contribution in [0.3, 0.4) is 0 Å². The maximum absolute atomic E-state index is 12.7. The first-order valence-corrected chi connectivity index (χ1v) is 6.46. The predicted molar refractivity (Wildman–Crippen MR) is 67.2 cm³/mol. The van der Waals surface area contributed by atoms with Crippen molar-refractivity contribution in [1.82, 2.24) is 14.5 Å². The number of hydrogen-bond acceptors (Lipinski definition) is 5. The van der Waals surface area contributed by atoms with Gasteiger partial charge in [-0.2, -0.15) is 18.4 Å². The molecule has 9 heteroatoms. The van der Waals surface area contributed by atoms with Gasteiger partial charge in [-0.05, 0) is 23.9 Å². The molecule has 0 aliphatic rings. The summed E-state index contributed by atoms with van der Waals surface area (Å²) >= 11 is 0.839. The second-order valence-corrected chi connectivity index (χ2v) is 4.97. The summed E-state index contributed by atoms with van der Waals surface area (Å²) in [5.74, 6) is 0. The van der Waals surface area contributed by atoms with E-state index >= 15 is 0 Å². The van der Waals surface area contributed by atoms with Crippen molar-refractivity contribution < 1.29 is 18.3 Å². The average molecular weight is 314 g/mol. The average Bonchev–Trinajstić information content (AvgIpc) is 2.78. The van der Waals surface area contributed by atoms with E-state index in [1.807, 2.05) is 0 Å². The number of aromatic nitrogens is 3. The largest absolute Gasteiger partial charge is 0.433 e. The van der Waals surface area contributed by atoms with Crippen LogP contribution in [0.4, 0.5) is 13.2 Å². The Balaban J connectivity index is 2.42. The van der Waals surface area contributed by atoms with Crippen LogP contribution in [0, 0.1) is 11.3 Å². The van der Waals surface area contributed by atoms with Gasteiger partial charge in [-0.25, -0.2) is 9.97 Å². The number of alkyl halides is 3. The lowest BCUT2D eigenvalue weighted by Gasteiger charge is -2.09. The summed E-state index contributed by atoms with van der Waals surface area (Å²) in [5.41, 5.74) is -0.537. The molecule has 110 valence electrons. The van der Waals surface area contributed by atoms with Crippen LogP contribution in [-0.2, 0) is 19.8 Å². The number of aliphatic hydroxyl groups is 1.